The fraction of sp³-hybridized carbons (Fsp3) is 0.214. The van der Waals surface area contributed by atoms with Gasteiger partial charge in [-0.15, -0.1) is 0 Å². The van der Waals surface area contributed by atoms with Gasteiger partial charge in [0.1, 0.15) is 10.7 Å². The van der Waals surface area contributed by atoms with Crippen LogP contribution >= 0.6 is 11.6 Å². The Labute approximate surface area is 132 Å². The third-order valence-corrected chi connectivity index (χ3v) is 3.13. The van der Waals surface area contributed by atoms with Crippen LogP contribution in [0.3, 0.4) is 0 Å². The number of para-hydroxylation sites is 1. The van der Waals surface area contributed by atoms with Gasteiger partial charge >= 0.3 is 6.09 Å². The summed E-state index contributed by atoms with van der Waals surface area (Å²) in [6, 6.07) is 9.17. The van der Waals surface area contributed by atoms with E-state index in [4.69, 9.17) is 11.6 Å². The molecule has 8 heteroatoms. The first-order valence-corrected chi connectivity index (χ1v) is 6.96. The van der Waals surface area contributed by atoms with Crippen molar-refractivity contribution in [3.63, 3.8) is 0 Å². The quantitative estimate of drug-likeness (QED) is 0.849. The molecule has 116 valence electrons. The number of carbonyl (C=O) groups excluding carboxylic acids is 2. The average molecular weight is 323 g/mol. The third-order valence-electron chi connectivity index (χ3n) is 2.79. The van der Waals surface area contributed by atoms with E-state index in [9.17, 15) is 9.59 Å². The Hall–Kier alpha value is -2.54. The summed E-state index contributed by atoms with van der Waals surface area (Å²) in [5, 5.41) is 4.40. The van der Waals surface area contributed by atoms with Gasteiger partial charge in [-0.3, -0.25) is 10.2 Å². The van der Waals surface area contributed by atoms with Gasteiger partial charge in [0.15, 0.2) is 0 Å². The van der Waals surface area contributed by atoms with E-state index in [0.717, 1.165) is 5.69 Å². The zero-order valence-electron chi connectivity index (χ0n) is 12.1. The van der Waals surface area contributed by atoms with E-state index in [2.05, 4.69) is 20.7 Å². The van der Waals surface area contributed by atoms with Crippen LogP contribution in [0.25, 0.3) is 5.69 Å². The molecule has 1 aromatic carbocycles. The molecule has 0 spiro atoms. The van der Waals surface area contributed by atoms with Gasteiger partial charge in [-0.2, -0.15) is 5.10 Å². The van der Waals surface area contributed by atoms with Gasteiger partial charge < -0.3 is 4.74 Å². The summed E-state index contributed by atoms with van der Waals surface area (Å²) >= 11 is 6.23. The maximum Gasteiger partial charge on any atom is 0.426 e. The molecule has 0 aliphatic rings. The van der Waals surface area contributed by atoms with Gasteiger partial charge in [-0.1, -0.05) is 29.8 Å². The van der Waals surface area contributed by atoms with Gasteiger partial charge in [-0.05, 0) is 26.0 Å². The van der Waals surface area contributed by atoms with E-state index in [1.807, 2.05) is 30.3 Å². The molecular weight excluding hydrogens is 308 g/mol. The zero-order valence-corrected chi connectivity index (χ0v) is 12.8. The Kier molecular flexibility index (Phi) is 5.00. The summed E-state index contributed by atoms with van der Waals surface area (Å²) in [6.07, 6.45) is -0.750. The van der Waals surface area contributed by atoms with E-state index in [-0.39, 0.29) is 17.3 Å². The minimum Gasteiger partial charge on any atom is -0.449 e. The van der Waals surface area contributed by atoms with E-state index in [1.54, 1.807) is 13.8 Å². The number of hydrazine groups is 1. The summed E-state index contributed by atoms with van der Waals surface area (Å²) in [5.41, 5.74) is 5.71. The summed E-state index contributed by atoms with van der Waals surface area (Å²) in [7, 11) is 0. The van der Waals surface area contributed by atoms with Gasteiger partial charge in [0, 0.05) is 0 Å². The fourth-order valence-corrected chi connectivity index (χ4v) is 2.19. The first kappa shape index (κ1) is 15.8. The lowest BCUT2D eigenvalue weighted by molar-refractivity contribution is 0.0912. The monoisotopic (exact) mass is 322 g/mol. The molecule has 0 atom stereocenters. The highest BCUT2D eigenvalue weighted by Gasteiger charge is 2.21. The van der Waals surface area contributed by atoms with Crippen LogP contribution in [0.2, 0.25) is 5.15 Å². The molecule has 2 N–H and O–H groups in total. The normalized spacial score (nSPS) is 10.1. The van der Waals surface area contributed by atoms with Crippen molar-refractivity contribution in [2.24, 2.45) is 0 Å². The lowest BCUT2D eigenvalue weighted by Crippen LogP contribution is -2.42. The van der Waals surface area contributed by atoms with Gasteiger partial charge in [0.25, 0.3) is 5.91 Å². The SMILES string of the molecule is CCOC(=O)NNC(=O)c1c(C)nn(-c2ccccc2)c1Cl. The number of aryl methyl sites for hydroxylation is 1. The number of hydrogen-bond acceptors (Lipinski definition) is 4. The Bertz CT molecular complexity index is 685. The molecule has 0 fully saturated rings. The van der Waals surface area contributed by atoms with Crippen LogP contribution in [-0.2, 0) is 4.74 Å². The number of halogens is 1. The highest BCUT2D eigenvalue weighted by atomic mass is 35.5. The summed E-state index contributed by atoms with van der Waals surface area (Å²) < 4.78 is 6.10. The minimum absolute atomic E-state index is 0.159. The van der Waals surface area contributed by atoms with Crippen molar-refractivity contribution in [2.45, 2.75) is 13.8 Å². The van der Waals surface area contributed by atoms with Crippen molar-refractivity contribution < 1.29 is 14.3 Å². The smallest absolute Gasteiger partial charge is 0.426 e. The number of nitrogens with one attached hydrogen (secondary N) is 2. The first-order valence-electron chi connectivity index (χ1n) is 6.58. The number of carbonyl (C=O) groups is 2. The molecule has 0 aliphatic heterocycles. The maximum absolute atomic E-state index is 12.1. The van der Waals surface area contributed by atoms with Crippen molar-refractivity contribution in [3.8, 4) is 5.69 Å². The Morgan fingerprint density at radius 3 is 2.59 bits per heavy atom. The van der Waals surface area contributed by atoms with Crippen LogP contribution in [0.5, 0.6) is 0 Å². The van der Waals surface area contributed by atoms with Crippen LogP contribution in [0.4, 0.5) is 4.79 Å². The summed E-state index contributed by atoms with van der Waals surface area (Å²) in [4.78, 5) is 23.3. The molecule has 1 aromatic heterocycles. The predicted octanol–water partition coefficient (Wildman–Crippen LogP) is 2.23. The number of amides is 2. The fourth-order valence-electron chi connectivity index (χ4n) is 1.83. The van der Waals surface area contributed by atoms with Crippen LogP contribution in [0, 0.1) is 6.92 Å². The highest BCUT2D eigenvalue weighted by molar-refractivity contribution is 6.33. The maximum atomic E-state index is 12.1. The first-order chi connectivity index (χ1) is 10.5. The predicted molar refractivity (Wildman–Crippen MR) is 80.9 cm³/mol. The van der Waals surface area contributed by atoms with Crippen molar-refractivity contribution in [1.29, 1.82) is 0 Å². The molecule has 2 amide bonds. The molecule has 7 nitrogen and oxygen atoms in total. The van der Waals surface area contributed by atoms with E-state index < -0.39 is 12.0 Å². The molecular formula is C14H15ClN4O3. The van der Waals surface area contributed by atoms with Gasteiger partial charge in [0.2, 0.25) is 0 Å². The minimum atomic E-state index is -0.750. The third kappa shape index (κ3) is 3.37. The Morgan fingerprint density at radius 2 is 1.95 bits per heavy atom. The van der Waals surface area contributed by atoms with E-state index in [1.165, 1.54) is 4.68 Å². The second kappa shape index (κ2) is 6.95. The standard InChI is InChI=1S/C14H15ClN4O3/c1-3-22-14(21)17-16-13(20)11-9(2)18-19(12(11)15)10-7-5-4-6-8-10/h4-8H,3H2,1-2H3,(H,16,20)(H,17,21). The summed E-state index contributed by atoms with van der Waals surface area (Å²) in [5.74, 6) is -0.572. The molecule has 0 saturated carbocycles. The van der Waals surface area contributed by atoms with Crippen molar-refractivity contribution in [3.05, 3.63) is 46.7 Å². The second-order valence-corrected chi connectivity index (χ2v) is 4.66. The molecule has 0 radical (unpaired) electrons. The van der Waals surface area contributed by atoms with Crippen molar-refractivity contribution in [1.82, 2.24) is 20.6 Å². The molecule has 22 heavy (non-hydrogen) atoms. The van der Waals surface area contributed by atoms with Crippen LogP contribution < -0.4 is 10.9 Å². The molecule has 0 unspecified atom stereocenters. The van der Waals surface area contributed by atoms with E-state index in [0.29, 0.717) is 5.69 Å². The second-order valence-electron chi connectivity index (χ2n) is 4.30. The number of nitrogens with zero attached hydrogens (tertiary/aromatic N) is 2. The lowest BCUT2D eigenvalue weighted by Gasteiger charge is -2.07. The molecule has 0 bridgehead atoms. The molecule has 1 heterocycles. The van der Waals surface area contributed by atoms with Gasteiger partial charge in [-0.25, -0.2) is 14.9 Å². The van der Waals surface area contributed by atoms with Crippen LogP contribution in [-0.4, -0.2) is 28.4 Å². The highest BCUT2D eigenvalue weighted by Crippen LogP contribution is 2.23. The number of hydrogen-bond donors (Lipinski definition) is 2. The molecule has 0 aliphatic carbocycles. The van der Waals surface area contributed by atoms with Gasteiger partial charge in [0.05, 0.1) is 18.0 Å². The van der Waals surface area contributed by atoms with Crippen molar-refractivity contribution in [2.75, 3.05) is 6.61 Å². The molecule has 2 rings (SSSR count). The Balaban J connectivity index is 2.20. The topological polar surface area (TPSA) is 85.2 Å². The number of ether oxygens (including phenoxy) is 1. The lowest BCUT2D eigenvalue weighted by atomic mass is 10.2. The Morgan fingerprint density at radius 1 is 1.27 bits per heavy atom. The number of benzene rings is 1. The summed E-state index contributed by atoms with van der Waals surface area (Å²) in [6.45, 7) is 3.52. The van der Waals surface area contributed by atoms with Crippen LogP contribution in [0.15, 0.2) is 30.3 Å². The number of rotatable bonds is 3. The van der Waals surface area contributed by atoms with E-state index >= 15 is 0 Å². The average Bonchev–Trinajstić information content (AvgIpc) is 2.81. The van der Waals surface area contributed by atoms with Crippen molar-refractivity contribution >= 4 is 23.6 Å². The zero-order chi connectivity index (χ0) is 16.1. The number of aromatic nitrogens is 2. The molecule has 2 aromatic rings. The molecule has 0 saturated heterocycles. The van der Waals surface area contributed by atoms with Crippen LogP contribution in [0.1, 0.15) is 23.0 Å². The largest absolute Gasteiger partial charge is 0.449 e.